The van der Waals surface area contributed by atoms with Crippen molar-refractivity contribution in [3.63, 3.8) is 0 Å². The number of nitrogens with two attached hydrogens (primary N) is 1. The first-order chi connectivity index (χ1) is 7.88. The van der Waals surface area contributed by atoms with Crippen LogP contribution in [-0.4, -0.2) is 11.8 Å². The van der Waals surface area contributed by atoms with Gasteiger partial charge in [0, 0.05) is 16.7 Å². The molecule has 1 rings (SSSR count). The van der Waals surface area contributed by atoms with Crippen LogP contribution in [0.25, 0.3) is 0 Å². The number of rotatable bonds is 5. The number of aryl methyl sites for hydroxylation is 1. The van der Waals surface area contributed by atoms with Crippen molar-refractivity contribution in [2.45, 2.75) is 51.5 Å². The van der Waals surface area contributed by atoms with Crippen molar-refractivity contribution < 1.29 is 0 Å². The topological polar surface area (TPSA) is 26.0 Å². The Morgan fingerprint density at radius 1 is 1.24 bits per heavy atom. The SMILES string of the molecule is Cc1ccccc1SCC(N)CCC(C)(C)C. The van der Waals surface area contributed by atoms with E-state index in [1.807, 2.05) is 11.8 Å². The molecule has 0 aromatic heterocycles. The minimum atomic E-state index is 0.304. The highest BCUT2D eigenvalue weighted by Crippen LogP contribution is 2.25. The van der Waals surface area contributed by atoms with E-state index in [0.29, 0.717) is 11.5 Å². The van der Waals surface area contributed by atoms with Crippen molar-refractivity contribution in [2.75, 3.05) is 5.75 Å². The van der Waals surface area contributed by atoms with Gasteiger partial charge in [0.05, 0.1) is 0 Å². The zero-order valence-corrected chi connectivity index (χ0v) is 12.3. The molecule has 1 aromatic rings. The summed E-state index contributed by atoms with van der Waals surface area (Å²) < 4.78 is 0. The van der Waals surface area contributed by atoms with Gasteiger partial charge in [-0.05, 0) is 36.8 Å². The summed E-state index contributed by atoms with van der Waals surface area (Å²) in [5, 5.41) is 0. The van der Waals surface area contributed by atoms with Gasteiger partial charge < -0.3 is 5.73 Å². The first-order valence-electron chi connectivity index (χ1n) is 6.32. The molecule has 1 atom stereocenters. The Bertz CT molecular complexity index is 341. The maximum Gasteiger partial charge on any atom is 0.0134 e. The van der Waals surface area contributed by atoms with Crippen molar-refractivity contribution in [1.82, 2.24) is 0 Å². The van der Waals surface area contributed by atoms with E-state index in [4.69, 9.17) is 5.73 Å². The normalized spacial score (nSPS) is 13.7. The van der Waals surface area contributed by atoms with Gasteiger partial charge in [0.2, 0.25) is 0 Å². The average molecular weight is 251 g/mol. The molecule has 0 saturated heterocycles. The van der Waals surface area contributed by atoms with Crippen LogP contribution >= 0.6 is 11.8 Å². The van der Waals surface area contributed by atoms with Crippen molar-refractivity contribution >= 4 is 11.8 Å². The summed E-state index contributed by atoms with van der Waals surface area (Å²) in [6.07, 6.45) is 2.31. The van der Waals surface area contributed by atoms with Gasteiger partial charge in [-0.3, -0.25) is 0 Å². The summed E-state index contributed by atoms with van der Waals surface area (Å²) in [6.45, 7) is 8.97. The van der Waals surface area contributed by atoms with E-state index in [0.717, 1.165) is 12.2 Å². The van der Waals surface area contributed by atoms with E-state index in [2.05, 4.69) is 52.0 Å². The van der Waals surface area contributed by atoms with E-state index in [9.17, 15) is 0 Å². The van der Waals surface area contributed by atoms with E-state index in [1.54, 1.807) is 0 Å². The lowest BCUT2D eigenvalue weighted by atomic mass is 9.89. The van der Waals surface area contributed by atoms with Gasteiger partial charge in [0.1, 0.15) is 0 Å². The minimum absolute atomic E-state index is 0.304. The molecule has 0 aliphatic carbocycles. The highest BCUT2D eigenvalue weighted by molar-refractivity contribution is 7.99. The molecule has 96 valence electrons. The summed E-state index contributed by atoms with van der Waals surface area (Å²) in [5.74, 6) is 1.01. The molecule has 2 N–H and O–H groups in total. The Labute approximate surface area is 110 Å². The summed E-state index contributed by atoms with van der Waals surface area (Å²) in [4.78, 5) is 1.36. The Morgan fingerprint density at radius 2 is 1.88 bits per heavy atom. The summed E-state index contributed by atoms with van der Waals surface area (Å²) in [5.41, 5.74) is 7.90. The molecule has 0 bridgehead atoms. The van der Waals surface area contributed by atoms with Crippen molar-refractivity contribution in [2.24, 2.45) is 11.1 Å². The fraction of sp³-hybridized carbons (Fsp3) is 0.600. The van der Waals surface area contributed by atoms with E-state index in [1.165, 1.54) is 16.9 Å². The highest BCUT2D eigenvalue weighted by Gasteiger charge is 2.13. The summed E-state index contributed by atoms with van der Waals surface area (Å²) in [6, 6.07) is 8.81. The molecule has 17 heavy (non-hydrogen) atoms. The lowest BCUT2D eigenvalue weighted by molar-refractivity contribution is 0.353. The third kappa shape index (κ3) is 6.13. The maximum absolute atomic E-state index is 6.16. The Kier molecular flexibility index (Phi) is 5.54. The van der Waals surface area contributed by atoms with Crippen LogP contribution < -0.4 is 5.73 Å². The quantitative estimate of drug-likeness (QED) is 0.792. The molecule has 0 fully saturated rings. The van der Waals surface area contributed by atoms with Crippen molar-refractivity contribution in [3.8, 4) is 0 Å². The van der Waals surface area contributed by atoms with Crippen LogP contribution in [0.5, 0.6) is 0 Å². The van der Waals surface area contributed by atoms with Crippen LogP contribution in [-0.2, 0) is 0 Å². The van der Waals surface area contributed by atoms with Gasteiger partial charge in [0.25, 0.3) is 0 Å². The predicted octanol–water partition coefficient (Wildman–Crippen LogP) is 4.24. The molecule has 0 saturated carbocycles. The fourth-order valence-corrected chi connectivity index (χ4v) is 2.65. The highest BCUT2D eigenvalue weighted by atomic mass is 32.2. The average Bonchev–Trinajstić information content (AvgIpc) is 2.24. The molecule has 0 heterocycles. The lowest BCUT2D eigenvalue weighted by Crippen LogP contribution is -2.24. The van der Waals surface area contributed by atoms with Crippen LogP contribution in [0.2, 0.25) is 0 Å². The second kappa shape index (κ2) is 6.46. The van der Waals surface area contributed by atoms with Crippen LogP contribution in [0.3, 0.4) is 0 Å². The van der Waals surface area contributed by atoms with Crippen molar-refractivity contribution in [3.05, 3.63) is 29.8 Å². The molecule has 0 aliphatic rings. The van der Waals surface area contributed by atoms with E-state index in [-0.39, 0.29) is 0 Å². The van der Waals surface area contributed by atoms with Crippen molar-refractivity contribution in [1.29, 1.82) is 0 Å². The van der Waals surface area contributed by atoms with Gasteiger partial charge in [0.15, 0.2) is 0 Å². The van der Waals surface area contributed by atoms with Crippen LogP contribution in [0.4, 0.5) is 0 Å². The molecule has 2 heteroatoms. The molecule has 1 unspecified atom stereocenters. The summed E-state index contributed by atoms with van der Waals surface area (Å²) in [7, 11) is 0. The smallest absolute Gasteiger partial charge is 0.0134 e. The molecule has 0 radical (unpaired) electrons. The number of benzene rings is 1. The van der Waals surface area contributed by atoms with Gasteiger partial charge in [-0.1, -0.05) is 39.0 Å². The molecular formula is C15H25NS. The molecule has 1 nitrogen and oxygen atoms in total. The number of hydrogen-bond donors (Lipinski definition) is 1. The third-order valence-corrected chi connectivity index (χ3v) is 4.18. The van der Waals surface area contributed by atoms with E-state index >= 15 is 0 Å². The monoisotopic (exact) mass is 251 g/mol. The van der Waals surface area contributed by atoms with Gasteiger partial charge in [-0.25, -0.2) is 0 Å². The first-order valence-corrected chi connectivity index (χ1v) is 7.31. The first kappa shape index (κ1) is 14.6. The van der Waals surface area contributed by atoms with Gasteiger partial charge >= 0.3 is 0 Å². The standard InChI is InChI=1S/C15H25NS/c1-12-7-5-6-8-14(12)17-11-13(16)9-10-15(2,3)4/h5-8,13H,9-11,16H2,1-4H3. The fourth-order valence-electron chi connectivity index (χ4n) is 1.62. The molecule has 0 spiro atoms. The molecule has 0 aliphatic heterocycles. The Hall–Kier alpha value is -0.470. The van der Waals surface area contributed by atoms with Gasteiger partial charge in [-0.2, -0.15) is 0 Å². The van der Waals surface area contributed by atoms with Crippen LogP contribution in [0.15, 0.2) is 29.2 Å². The largest absolute Gasteiger partial charge is 0.327 e. The lowest BCUT2D eigenvalue weighted by Gasteiger charge is -2.20. The Balaban J connectivity index is 2.34. The number of thioether (sulfide) groups is 1. The predicted molar refractivity (Wildman–Crippen MR) is 78.6 cm³/mol. The molecule has 0 amide bonds. The maximum atomic E-state index is 6.16. The molecular weight excluding hydrogens is 226 g/mol. The zero-order chi connectivity index (χ0) is 12.9. The Morgan fingerprint density at radius 3 is 2.47 bits per heavy atom. The number of hydrogen-bond acceptors (Lipinski definition) is 2. The van der Waals surface area contributed by atoms with Crippen LogP contribution in [0.1, 0.15) is 39.2 Å². The molecule has 1 aromatic carbocycles. The van der Waals surface area contributed by atoms with Crippen LogP contribution in [0, 0.1) is 12.3 Å². The van der Waals surface area contributed by atoms with Gasteiger partial charge in [-0.15, -0.1) is 11.8 Å². The minimum Gasteiger partial charge on any atom is -0.327 e. The third-order valence-electron chi connectivity index (χ3n) is 2.81. The second-order valence-corrected chi connectivity index (χ2v) is 7.00. The second-order valence-electron chi connectivity index (χ2n) is 5.94. The zero-order valence-electron chi connectivity index (χ0n) is 11.5. The van der Waals surface area contributed by atoms with E-state index < -0.39 is 0 Å². The summed E-state index contributed by atoms with van der Waals surface area (Å²) >= 11 is 1.88.